The molecule has 1 saturated carbocycles. The summed E-state index contributed by atoms with van der Waals surface area (Å²) in [6.45, 7) is 10.3. The Bertz CT molecular complexity index is 475. The molecule has 2 rings (SSSR count). The average molecular weight is 285 g/mol. The Hall–Kier alpha value is -1.03. The Kier molecular flexibility index (Phi) is 3.66. The van der Waals surface area contributed by atoms with Gasteiger partial charge >= 0.3 is 6.18 Å². The molecule has 1 aliphatic rings. The van der Waals surface area contributed by atoms with Crippen molar-refractivity contribution in [3.05, 3.63) is 35.4 Å². The van der Waals surface area contributed by atoms with Crippen LogP contribution in [0.4, 0.5) is 13.2 Å². The zero-order chi connectivity index (χ0) is 15.2. The van der Waals surface area contributed by atoms with Crippen LogP contribution in [0.2, 0.25) is 0 Å². The van der Waals surface area contributed by atoms with E-state index in [1.165, 1.54) is 12.1 Å². The van der Waals surface area contributed by atoms with Gasteiger partial charge in [-0.15, -0.1) is 0 Å². The highest BCUT2D eigenvalue weighted by atomic mass is 19.4. The number of nitrogens with one attached hydrogen (secondary N) is 1. The number of hydrogen-bond donors (Lipinski definition) is 1. The molecule has 0 radical (unpaired) electrons. The third-order valence-corrected chi connectivity index (χ3v) is 5.25. The summed E-state index contributed by atoms with van der Waals surface area (Å²) in [6.07, 6.45) is -4.27. The van der Waals surface area contributed by atoms with Crippen LogP contribution in [-0.4, -0.2) is 6.54 Å². The minimum absolute atomic E-state index is 0.299. The molecule has 0 amide bonds. The van der Waals surface area contributed by atoms with Crippen molar-refractivity contribution in [3.8, 4) is 0 Å². The lowest BCUT2D eigenvalue weighted by Gasteiger charge is -2.10. The van der Waals surface area contributed by atoms with E-state index in [1.807, 2.05) is 0 Å². The van der Waals surface area contributed by atoms with Gasteiger partial charge in [0.25, 0.3) is 0 Å². The van der Waals surface area contributed by atoms with Gasteiger partial charge in [-0.3, -0.25) is 0 Å². The molecule has 1 fully saturated rings. The summed E-state index contributed by atoms with van der Waals surface area (Å²) in [5, 5.41) is 3.29. The van der Waals surface area contributed by atoms with E-state index in [2.05, 4.69) is 33.0 Å². The second-order valence-electron chi connectivity index (χ2n) is 6.82. The van der Waals surface area contributed by atoms with Gasteiger partial charge in [0, 0.05) is 6.54 Å². The summed E-state index contributed by atoms with van der Waals surface area (Å²) >= 11 is 0. The average Bonchev–Trinajstić information content (AvgIpc) is 2.71. The molecule has 0 unspecified atom stereocenters. The SMILES string of the molecule is CC1(C)C(CNCc2cccc(C(F)(F)F)c2)C1(C)C. The number of halogens is 3. The van der Waals surface area contributed by atoms with Crippen LogP contribution >= 0.6 is 0 Å². The number of rotatable bonds is 4. The fourth-order valence-corrected chi connectivity index (χ4v) is 3.06. The highest BCUT2D eigenvalue weighted by Crippen LogP contribution is 2.67. The summed E-state index contributed by atoms with van der Waals surface area (Å²) in [6, 6.07) is 5.52. The molecule has 1 aromatic carbocycles. The predicted octanol–water partition coefficient (Wildman–Crippen LogP) is 4.48. The Labute approximate surface area is 118 Å². The molecular weight excluding hydrogens is 263 g/mol. The molecule has 1 N–H and O–H groups in total. The molecule has 0 spiro atoms. The first-order valence-corrected chi connectivity index (χ1v) is 6.93. The van der Waals surface area contributed by atoms with Crippen LogP contribution in [0.5, 0.6) is 0 Å². The van der Waals surface area contributed by atoms with Crippen LogP contribution in [0.15, 0.2) is 24.3 Å². The Balaban J connectivity index is 1.90. The van der Waals surface area contributed by atoms with Crippen molar-refractivity contribution in [2.45, 2.75) is 40.4 Å². The van der Waals surface area contributed by atoms with Crippen molar-refractivity contribution < 1.29 is 13.2 Å². The molecule has 1 aromatic rings. The lowest BCUT2D eigenvalue weighted by atomic mass is 10.0. The minimum Gasteiger partial charge on any atom is -0.312 e. The van der Waals surface area contributed by atoms with Gasteiger partial charge in [0.1, 0.15) is 0 Å². The van der Waals surface area contributed by atoms with Gasteiger partial charge in [-0.2, -0.15) is 13.2 Å². The van der Waals surface area contributed by atoms with Crippen LogP contribution in [0.1, 0.15) is 38.8 Å². The first-order chi connectivity index (χ1) is 9.07. The van der Waals surface area contributed by atoms with E-state index in [-0.39, 0.29) is 0 Å². The van der Waals surface area contributed by atoms with E-state index in [9.17, 15) is 13.2 Å². The molecule has 112 valence electrons. The first-order valence-electron chi connectivity index (χ1n) is 6.93. The highest BCUT2D eigenvalue weighted by molar-refractivity contribution is 5.25. The van der Waals surface area contributed by atoms with Crippen LogP contribution in [0.25, 0.3) is 0 Å². The molecular formula is C16H22F3N. The van der Waals surface area contributed by atoms with Gasteiger partial charge in [0.15, 0.2) is 0 Å². The summed E-state index contributed by atoms with van der Waals surface area (Å²) in [5.41, 5.74) is 0.696. The van der Waals surface area contributed by atoms with Crippen molar-refractivity contribution >= 4 is 0 Å². The van der Waals surface area contributed by atoms with E-state index in [4.69, 9.17) is 0 Å². The third kappa shape index (κ3) is 2.71. The summed E-state index contributed by atoms with van der Waals surface area (Å²) in [5.74, 6) is 0.570. The van der Waals surface area contributed by atoms with Gasteiger partial charge in [0.2, 0.25) is 0 Å². The molecule has 0 bridgehead atoms. The fourth-order valence-electron chi connectivity index (χ4n) is 3.06. The molecule has 0 aliphatic heterocycles. The Morgan fingerprint density at radius 3 is 2.20 bits per heavy atom. The van der Waals surface area contributed by atoms with E-state index >= 15 is 0 Å². The van der Waals surface area contributed by atoms with Crippen molar-refractivity contribution in [2.24, 2.45) is 16.7 Å². The van der Waals surface area contributed by atoms with Crippen molar-refractivity contribution in [3.63, 3.8) is 0 Å². The second kappa shape index (κ2) is 4.76. The van der Waals surface area contributed by atoms with Gasteiger partial charge in [-0.05, 0) is 34.9 Å². The normalized spacial score (nSPS) is 20.9. The van der Waals surface area contributed by atoms with Crippen LogP contribution < -0.4 is 5.32 Å². The largest absolute Gasteiger partial charge is 0.416 e. The second-order valence-corrected chi connectivity index (χ2v) is 6.82. The molecule has 20 heavy (non-hydrogen) atoms. The smallest absolute Gasteiger partial charge is 0.312 e. The maximum Gasteiger partial charge on any atom is 0.416 e. The van der Waals surface area contributed by atoms with Gasteiger partial charge in [-0.1, -0.05) is 45.9 Å². The van der Waals surface area contributed by atoms with Crippen molar-refractivity contribution in [2.75, 3.05) is 6.54 Å². The van der Waals surface area contributed by atoms with E-state index < -0.39 is 11.7 Å². The number of hydrogen-bond acceptors (Lipinski definition) is 1. The quantitative estimate of drug-likeness (QED) is 0.860. The minimum atomic E-state index is -4.27. The molecule has 4 heteroatoms. The lowest BCUT2D eigenvalue weighted by Crippen LogP contribution is -2.19. The monoisotopic (exact) mass is 285 g/mol. The maximum atomic E-state index is 12.6. The Morgan fingerprint density at radius 1 is 1.10 bits per heavy atom. The van der Waals surface area contributed by atoms with Gasteiger partial charge in [-0.25, -0.2) is 0 Å². The van der Waals surface area contributed by atoms with Crippen LogP contribution in [0, 0.1) is 16.7 Å². The number of benzene rings is 1. The van der Waals surface area contributed by atoms with Crippen molar-refractivity contribution in [1.82, 2.24) is 5.32 Å². The van der Waals surface area contributed by atoms with Crippen LogP contribution in [0.3, 0.4) is 0 Å². The van der Waals surface area contributed by atoms with Crippen molar-refractivity contribution in [1.29, 1.82) is 0 Å². The van der Waals surface area contributed by atoms with Crippen LogP contribution in [-0.2, 0) is 12.7 Å². The summed E-state index contributed by atoms with van der Waals surface area (Å²) < 4.78 is 37.8. The zero-order valence-corrected chi connectivity index (χ0v) is 12.4. The first kappa shape index (κ1) is 15.4. The molecule has 0 saturated heterocycles. The molecule has 0 atom stereocenters. The van der Waals surface area contributed by atoms with E-state index in [0.29, 0.717) is 28.9 Å². The number of alkyl halides is 3. The molecule has 0 aromatic heterocycles. The predicted molar refractivity (Wildman–Crippen MR) is 74.2 cm³/mol. The third-order valence-electron chi connectivity index (χ3n) is 5.25. The zero-order valence-electron chi connectivity index (χ0n) is 12.4. The van der Waals surface area contributed by atoms with E-state index in [1.54, 1.807) is 6.07 Å². The Morgan fingerprint density at radius 2 is 1.70 bits per heavy atom. The topological polar surface area (TPSA) is 12.0 Å². The highest BCUT2D eigenvalue weighted by Gasteiger charge is 2.63. The maximum absolute atomic E-state index is 12.6. The van der Waals surface area contributed by atoms with E-state index in [0.717, 1.165) is 12.6 Å². The molecule has 0 heterocycles. The van der Waals surface area contributed by atoms with Gasteiger partial charge in [0.05, 0.1) is 5.56 Å². The molecule has 1 nitrogen and oxygen atoms in total. The molecule has 1 aliphatic carbocycles. The van der Waals surface area contributed by atoms with Gasteiger partial charge < -0.3 is 5.32 Å². The summed E-state index contributed by atoms with van der Waals surface area (Å²) in [4.78, 5) is 0. The summed E-state index contributed by atoms with van der Waals surface area (Å²) in [7, 11) is 0. The fraction of sp³-hybridized carbons (Fsp3) is 0.625. The lowest BCUT2D eigenvalue weighted by molar-refractivity contribution is -0.137. The standard InChI is InChI=1S/C16H22F3N/c1-14(2)13(15(14,3)4)10-20-9-11-6-5-7-12(8-11)16(17,18)19/h5-8,13,20H,9-10H2,1-4H3.